The molecule has 0 nitrogen and oxygen atoms in total. The van der Waals surface area contributed by atoms with Gasteiger partial charge in [0, 0.05) is 0 Å². The summed E-state index contributed by atoms with van der Waals surface area (Å²) in [4.78, 5) is 0. The molecule has 64 heavy (non-hydrogen) atoms. The Morgan fingerprint density at radius 3 is 1.64 bits per heavy atom. The first-order chi connectivity index (χ1) is 31.0. The molecule has 0 aliphatic carbocycles. The molecule has 0 spiro atoms. The molecule has 0 amide bonds. The maximum atomic E-state index is 2.57. The van der Waals surface area contributed by atoms with E-state index >= 15 is 0 Å². The lowest BCUT2D eigenvalue weighted by molar-refractivity contribution is 0.589. The number of rotatable bonds is 3. The second-order valence-electron chi connectivity index (χ2n) is 20.4. The van der Waals surface area contributed by atoms with Gasteiger partial charge >= 0.3 is 0 Å². The molecule has 0 atom stereocenters. The first-order valence-corrected chi connectivity index (χ1v) is 22.9. The highest BCUT2D eigenvalue weighted by atomic mass is 14.3. The highest BCUT2D eigenvalue weighted by molar-refractivity contribution is 6.45. The average molecular weight is 817 g/mol. The van der Waals surface area contributed by atoms with Crippen LogP contribution in [-0.4, -0.2) is 0 Å². The van der Waals surface area contributed by atoms with Gasteiger partial charge in [0.25, 0.3) is 0 Å². The molecule has 0 heteroatoms. The van der Waals surface area contributed by atoms with E-state index in [0.717, 1.165) is 0 Å². The molecule has 0 saturated heterocycles. The monoisotopic (exact) mass is 816 g/mol. The highest BCUT2D eigenvalue weighted by Gasteiger charge is 2.27. The summed E-state index contributed by atoms with van der Waals surface area (Å²) in [5.74, 6) is 0. The third kappa shape index (κ3) is 5.23. The van der Waals surface area contributed by atoms with Gasteiger partial charge in [-0.1, -0.05) is 205 Å². The fourth-order valence-corrected chi connectivity index (χ4v) is 11.5. The van der Waals surface area contributed by atoms with Crippen molar-refractivity contribution in [1.82, 2.24) is 0 Å². The first kappa shape index (κ1) is 37.3. The Morgan fingerprint density at radius 2 is 0.875 bits per heavy atom. The van der Waals surface area contributed by atoms with Crippen LogP contribution in [0.1, 0.15) is 52.7 Å². The third-order valence-electron chi connectivity index (χ3n) is 14.6. The summed E-state index contributed by atoms with van der Waals surface area (Å²) < 4.78 is 0. The van der Waals surface area contributed by atoms with Crippen LogP contribution in [0.2, 0.25) is 0 Å². The molecule has 0 heterocycles. The lowest BCUT2D eigenvalue weighted by Crippen LogP contribution is -2.12. The topological polar surface area (TPSA) is 0 Å². The summed E-state index contributed by atoms with van der Waals surface area (Å²) in [5, 5.41) is 23.6. The van der Waals surface area contributed by atoms with Gasteiger partial charge in [0.2, 0.25) is 0 Å². The average Bonchev–Trinajstić information content (AvgIpc) is 3.81. The van der Waals surface area contributed by atoms with Gasteiger partial charge in [0.15, 0.2) is 0 Å². The lowest BCUT2D eigenvalue weighted by Gasteiger charge is -2.24. The van der Waals surface area contributed by atoms with Crippen LogP contribution in [0.4, 0.5) is 0 Å². The Bertz CT molecular complexity index is 4050. The molecule has 0 aromatic heterocycles. The summed E-state index contributed by atoms with van der Waals surface area (Å²) >= 11 is 0. The van der Waals surface area contributed by atoms with Gasteiger partial charge in [0.1, 0.15) is 0 Å². The molecular formula is C64H48. The Hall–Kier alpha value is -7.28. The smallest absolute Gasteiger partial charge is 0.000718 e. The van der Waals surface area contributed by atoms with E-state index in [1.54, 1.807) is 0 Å². The van der Waals surface area contributed by atoms with Crippen molar-refractivity contribution in [2.24, 2.45) is 0 Å². The Morgan fingerprint density at radius 1 is 0.250 bits per heavy atom. The number of benzene rings is 11. The van der Waals surface area contributed by atoms with E-state index in [9.17, 15) is 0 Å². The van der Waals surface area contributed by atoms with E-state index < -0.39 is 0 Å². The number of hydrogen-bond donors (Lipinski definition) is 0. The lowest BCUT2D eigenvalue weighted by atomic mass is 9.81. The van der Waals surface area contributed by atoms with Gasteiger partial charge in [-0.2, -0.15) is 0 Å². The standard InChI is InChI=1S/C64H48/c1-63(2,3)42-30-28-40-32-43(64(4,5)6)35-52(51(40)34-42)41-29-31-45-53(33-41)47-24-15-27-50-58(47)54(45)36-55-59(46-23-12-19-37-16-10-11-22-44(37)46)62-49-26-14-21-38-20-13-25-48(56(38)49)61(62)57(60(50)55)39-17-8-7-9-18-39/h7-36H,1-6H3. The maximum absolute atomic E-state index is 2.57. The molecule has 0 bridgehead atoms. The van der Waals surface area contributed by atoms with Gasteiger partial charge in [-0.15, -0.1) is 0 Å². The number of fused-ring (bicyclic) bond motifs is 10. The van der Waals surface area contributed by atoms with Crippen molar-refractivity contribution < 1.29 is 0 Å². The van der Waals surface area contributed by atoms with Gasteiger partial charge in [0.05, 0.1) is 0 Å². The van der Waals surface area contributed by atoms with Crippen LogP contribution in [0.3, 0.4) is 0 Å². The molecule has 0 N–H and O–H groups in total. The second-order valence-corrected chi connectivity index (χ2v) is 20.4. The Balaban J connectivity index is 1.22. The van der Waals surface area contributed by atoms with E-state index in [0.29, 0.717) is 0 Å². The van der Waals surface area contributed by atoms with Crippen LogP contribution in [0.25, 0.3) is 130 Å². The van der Waals surface area contributed by atoms with Crippen LogP contribution in [0, 0.1) is 0 Å². The molecule has 0 saturated carbocycles. The van der Waals surface area contributed by atoms with Crippen molar-refractivity contribution >= 4 is 97.0 Å². The van der Waals surface area contributed by atoms with E-state index in [1.165, 1.54) is 141 Å². The van der Waals surface area contributed by atoms with Crippen molar-refractivity contribution in [2.45, 2.75) is 52.4 Å². The van der Waals surface area contributed by atoms with Crippen LogP contribution < -0.4 is 0 Å². The van der Waals surface area contributed by atoms with Gasteiger partial charge < -0.3 is 0 Å². The molecule has 0 aliphatic rings. The Kier molecular flexibility index (Phi) is 7.65. The SMILES string of the molecule is CC(C)(C)c1cc(-c2ccc3c(c2)c2cccc4c5c(-c6ccccc6)c6c7cccc8cccc(c6c(-c6cccc9ccccc69)c5cc3c24)c87)c2cc(C(C)(C)C)ccc2c1. The largest absolute Gasteiger partial charge is 0.0622 e. The summed E-state index contributed by atoms with van der Waals surface area (Å²) in [6, 6.07) is 69.8. The molecule has 13 aromatic carbocycles. The predicted octanol–water partition coefficient (Wildman–Crippen LogP) is 18.5. The Labute approximate surface area is 374 Å². The fourth-order valence-electron chi connectivity index (χ4n) is 11.5. The minimum atomic E-state index is 0.00880. The molecule has 13 aromatic rings. The van der Waals surface area contributed by atoms with Gasteiger partial charge in [-0.05, 0) is 170 Å². The zero-order valence-electron chi connectivity index (χ0n) is 37.3. The van der Waals surface area contributed by atoms with Crippen molar-refractivity contribution in [2.75, 3.05) is 0 Å². The molecule has 0 aliphatic heterocycles. The molecule has 304 valence electrons. The van der Waals surface area contributed by atoms with Crippen LogP contribution >= 0.6 is 0 Å². The van der Waals surface area contributed by atoms with Crippen LogP contribution in [0.5, 0.6) is 0 Å². The first-order valence-electron chi connectivity index (χ1n) is 22.9. The summed E-state index contributed by atoms with van der Waals surface area (Å²) in [6.45, 7) is 13.9. The highest BCUT2D eigenvalue weighted by Crippen LogP contribution is 2.55. The van der Waals surface area contributed by atoms with Crippen molar-refractivity contribution in [3.63, 3.8) is 0 Å². The fraction of sp³-hybridized carbons (Fsp3) is 0.125. The van der Waals surface area contributed by atoms with Crippen LogP contribution in [-0.2, 0) is 10.8 Å². The minimum Gasteiger partial charge on any atom is -0.0622 e. The minimum absolute atomic E-state index is 0.00880. The van der Waals surface area contributed by atoms with Crippen molar-refractivity contribution in [3.05, 3.63) is 193 Å². The number of hydrogen-bond acceptors (Lipinski definition) is 0. The molecule has 0 fully saturated rings. The normalized spacial score (nSPS) is 12.8. The van der Waals surface area contributed by atoms with Crippen molar-refractivity contribution in [3.8, 4) is 33.4 Å². The predicted molar refractivity (Wildman–Crippen MR) is 280 cm³/mol. The molecule has 0 radical (unpaired) electrons. The summed E-state index contributed by atoms with van der Waals surface area (Å²) in [6.07, 6.45) is 0. The van der Waals surface area contributed by atoms with E-state index in [1.807, 2.05) is 0 Å². The van der Waals surface area contributed by atoms with E-state index in [4.69, 9.17) is 0 Å². The zero-order chi connectivity index (χ0) is 43.2. The quantitative estimate of drug-likeness (QED) is 0.156. The van der Waals surface area contributed by atoms with Gasteiger partial charge in [-0.3, -0.25) is 0 Å². The zero-order valence-corrected chi connectivity index (χ0v) is 37.3. The third-order valence-corrected chi connectivity index (χ3v) is 14.6. The van der Waals surface area contributed by atoms with Crippen molar-refractivity contribution in [1.29, 1.82) is 0 Å². The molecule has 13 rings (SSSR count). The summed E-state index contributed by atoms with van der Waals surface area (Å²) in [5.41, 5.74) is 10.5. The van der Waals surface area contributed by atoms with Crippen LogP contribution in [0.15, 0.2) is 182 Å². The molecular weight excluding hydrogens is 769 g/mol. The summed E-state index contributed by atoms with van der Waals surface area (Å²) in [7, 11) is 0. The second kappa shape index (κ2) is 13.1. The molecule has 0 unspecified atom stereocenters. The maximum Gasteiger partial charge on any atom is -0.000718 e. The van der Waals surface area contributed by atoms with E-state index in [2.05, 4.69) is 224 Å². The van der Waals surface area contributed by atoms with Gasteiger partial charge in [-0.25, -0.2) is 0 Å². The van der Waals surface area contributed by atoms with E-state index in [-0.39, 0.29) is 10.8 Å².